The number of rotatable bonds is 15. The maximum absolute atomic E-state index is 13.4. The summed E-state index contributed by atoms with van der Waals surface area (Å²) in [6, 6.07) is 6.12. The minimum Gasteiger partial charge on any atom is -0.433 e. The van der Waals surface area contributed by atoms with Crippen molar-refractivity contribution >= 4 is 23.5 Å². The monoisotopic (exact) mass is 490 g/mol. The number of benzene rings is 1. The van der Waals surface area contributed by atoms with Gasteiger partial charge in [0.1, 0.15) is 0 Å². The van der Waals surface area contributed by atoms with E-state index in [0.717, 1.165) is 25.7 Å². The molecule has 4 unspecified atom stereocenters. The number of nitrogens with zero attached hydrogens (tertiary/aromatic N) is 1. The van der Waals surface area contributed by atoms with Gasteiger partial charge in [-0.1, -0.05) is 59.1 Å². The lowest BCUT2D eigenvalue weighted by Crippen LogP contribution is -2.40. The Kier molecular flexibility index (Phi) is 13.6. The molecule has 0 aliphatic rings. The average Bonchev–Trinajstić information content (AvgIpc) is 2.84. The van der Waals surface area contributed by atoms with Crippen LogP contribution in [0.1, 0.15) is 84.8 Å². The van der Waals surface area contributed by atoms with E-state index in [1.165, 1.54) is 4.90 Å². The van der Waals surface area contributed by atoms with Gasteiger partial charge in [-0.05, 0) is 50.8 Å². The smallest absolute Gasteiger partial charge is 0.410 e. The molecular weight excluding hydrogens is 444 g/mol. The lowest BCUT2D eigenvalue weighted by molar-refractivity contribution is -0.132. The molecule has 198 valence electrons. The van der Waals surface area contributed by atoms with Crippen LogP contribution < -0.4 is 16.8 Å². The van der Waals surface area contributed by atoms with Gasteiger partial charge in [0, 0.05) is 30.3 Å². The summed E-state index contributed by atoms with van der Waals surface area (Å²) in [6.45, 7) is 10.5. The molecule has 8 heteroatoms. The van der Waals surface area contributed by atoms with Crippen molar-refractivity contribution in [3.63, 3.8) is 0 Å². The van der Waals surface area contributed by atoms with Crippen molar-refractivity contribution in [2.75, 3.05) is 18.9 Å². The van der Waals surface area contributed by atoms with Crippen molar-refractivity contribution in [2.45, 2.75) is 91.3 Å². The highest BCUT2D eigenvalue weighted by atomic mass is 16.6. The first kappa shape index (κ1) is 30.6. The molecule has 0 saturated heterocycles. The standard InChI is InChI=1S/C27H46N4O4/c1-7-8-9-11-19(4)24(32)25(35-27(34)31(6)20(5)18(2)3)21-13-15-22(16-14-21)30-26(33)23(29)12-10-17-28/h13-16,18-20,23,25H,7-12,17,28-29H2,1-6H3,(H,30,33). The number of unbranched alkanes of at least 4 members (excludes halogenated alkanes) is 2. The summed E-state index contributed by atoms with van der Waals surface area (Å²) in [5.74, 6) is -0.416. The fourth-order valence-electron chi connectivity index (χ4n) is 3.63. The maximum Gasteiger partial charge on any atom is 0.410 e. The van der Waals surface area contributed by atoms with Gasteiger partial charge in [0.2, 0.25) is 5.91 Å². The topological polar surface area (TPSA) is 128 Å². The van der Waals surface area contributed by atoms with Crippen LogP contribution in [0.25, 0.3) is 0 Å². The number of ether oxygens (including phenoxy) is 1. The third-order valence-electron chi connectivity index (χ3n) is 6.60. The van der Waals surface area contributed by atoms with E-state index in [9.17, 15) is 14.4 Å². The number of amides is 2. The second-order valence-electron chi connectivity index (χ2n) is 9.81. The summed E-state index contributed by atoms with van der Waals surface area (Å²) in [6.07, 6.45) is 3.44. The molecule has 8 nitrogen and oxygen atoms in total. The van der Waals surface area contributed by atoms with E-state index < -0.39 is 18.2 Å². The first-order valence-electron chi connectivity index (χ1n) is 12.9. The van der Waals surface area contributed by atoms with Crippen molar-refractivity contribution in [3.8, 4) is 0 Å². The van der Waals surface area contributed by atoms with Gasteiger partial charge < -0.3 is 26.4 Å². The zero-order valence-corrected chi connectivity index (χ0v) is 22.4. The van der Waals surface area contributed by atoms with Crippen molar-refractivity contribution in [2.24, 2.45) is 23.3 Å². The molecule has 0 aromatic heterocycles. The fraction of sp³-hybridized carbons (Fsp3) is 0.667. The van der Waals surface area contributed by atoms with E-state index >= 15 is 0 Å². The molecule has 0 aliphatic carbocycles. The van der Waals surface area contributed by atoms with Crippen molar-refractivity contribution in [1.29, 1.82) is 0 Å². The van der Waals surface area contributed by atoms with Crippen LogP contribution in [0.5, 0.6) is 0 Å². The fourth-order valence-corrected chi connectivity index (χ4v) is 3.63. The van der Waals surface area contributed by atoms with Gasteiger partial charge in [-0.2, -0.15) is 0 Å². The Morgan fingerprint density at radius 3 is 2.17 bits per heavy atom. The van der Waals surface area contributed by atoms with E-state index in [1.54, 1.807) is 31.3 Å². The first-order chi connectivity index (χ1) is 16.5. The number of nitrogens with two attached hydrogens (primary N) is 2. The predicted molar refractivity (Wildman–Crippen MR) is 141 cm³/mol. The molecule has 0 saturated carbocycles. The quantitative estimate of drug-likeness (QED) is 0.308. The van der Waals surface area contributed by atoms with Gasteiger partial charge in [0.25, 0.3) is 0 Å². The van der Waals surface area contributed by atoms with E-state index in [-0.39, 0.29) is 29.6 Å². The molecule has 0 heterocycles. The lowest BCUT2D eigenvalue weighted by atomic mass is 9.92. The molecule has 0 radical (unpaired) electrons. The van der Waals surface area contributed by atoms with Crippen LogP contribution in [0.4, 0.5) is 10.5 Å². The molecule has 1 rings (SSSR count). The summed E-state index contributed by atoms with van der Waals surface area (Å²) in [5, 5.41) is 2.78. The van der Waals surface area contributed by atoms with E-state index in [0.29, 0.717) is 30.6 Å². The minimum absolute atomic E-state index is 0.0405. The van der Waals surface area contributed by atoms with Gasteiger partial charge in [-0.15, -0.1) is 0 Å². The number of ketones is 1. The summed E-state index contributed by atoms with van der Waals surface area (Å²) < 4.78 is 5.78. The molecule has 2 amide bonds. The molecule has 4 atom stereocenters. The summed E-state index contributed by atoms with van der Waals surface area (Å²) in [7, 11) is 1.69. The number of hydrogen-bond donors (Lipinski definition) is 3. The highest BCUT2D eigenvalue weighted by molar-refractivity contribution is 5.94. The Balaban J connectivity index is 3.06. The first-order valence-corrected chi connectivity index (χ1v) is 12.9. The van der Waals surface area contributed by atoms with Gasteiger partial charge >= 0.3 is 6.09 Å². The third-order valence-corrected chi connectivity index (χ3v) is 6.60. The van der Waals surface area contributed by atoms with Gasteiger partial charge in [0.05, 0.1) is 6.04 Å². The van der Waals surface area contributed by atoms with E-state index in [2.05, 4.69) is 12.2 Å². The van der Waals surface area contributed by atoms with Crippen molar-refractivity contribution in [3.05, 3.63) is 29.8 Å². The number of Topliss-reactive ketones (excluding diaryl/α,β-unsaturated/α-hetero) is 1. The molecule has 5 N–H and O–H groups in total. The number of hydrogen-bond acceptors (Lipinski definition) is 6. The molecule has 0 bridgehead atoms. The predicted octanol–water partition coefficient (Wildman–Crippen LogP) is 4.63. The van der Waals surface area contributed by atoms with Crippen LogP contribution in [0.15, 0.2) is 24.3 Å². The molecule has 35 heavy (non-hydrogen) atoms. The SMILES string of the molecule is CCCCCC(C)C(=O)C(OC(=O)N(C)C(C)C(C)C)c1ccc(NC(=O)C(N)CCCN)cc1. The van der Waals surface area contributed by atoms with E-state index in [4.69, 9.17) is 16.2 Å². The Hall–Kier alpha value is -2.45. The lowest BCUT2D eigenvalue weighted by Gasteiger charge is -2.29. The Morgan fingerprint density at radius 1 is 1.00 bits per heavy atom. The highest BCUT2D eigenvalue weighted by Crippen LogP contribution is 2.27. The number of anilines is 1. The van der Waals surface area contributed by atoms with Gasteiger partial charge in [0.15, 0.2) is 11.9 Å². The normalized spacial score (nSPS) is 14.7. The van der Waals surface area contributed by atoms with Crippen LogP contribution in [0, 0.1) is 11.8 Å². The van der Waals surface area contributed by atoms with Crippen LogP contribution in [-0.2, 0) is 14.3 Å². The van der Waals surface area contributed by atoms with Gasteiger partial charge in [-0.25, -0.2) is 4.79 Å². The molecule has 0 fully saturated rings. The molecule has 1 aromatic carbocycles. The maximum atomic E-state index is 13.4. The van der Waals surface area contributed by atoms with Crippen LogP contribution >= 0.6 is 0 Å². The third kappa shape index (κ3) is 9.98. The molecule has 0 aliphatic heterocycles. The zero-order valence-electron chi connectivity index (χ0n) is 22.4. The van der Waals surface area contributed by atoms with Gasteiger partial charge in [-0.3, -0.25) is 9.59 Å². The Labute approximate surface area is 211 Å². The van der Waals surface area contributed by atoms with Crippen molar-refractivity contribution < 1.29 is 19.1 Å². The van der Waals surface area contributed by atoms with Crippen LogP contribution in [-0.4, -0.2) is 48.4 Å². The summed E-state index contributed by atoms with van der Waals surface area (Å²) in [4.78, 5) is 40.1. The number of carbonyl (C=O) groups excluding carboxylic acids is 3. The van der Waals surface area contributed by atoms with Crippen LogP contribution in [0.3, 0.4) is 0 Å². The molecule has 1 aromatic rings. The largest absolute Gasteiger partial charge is 0.433 e. The Bertz CT molecular complexity index is 797. The molecular formula is C27H46N4O4. The zero-order chi connectivity index (χ0) is 26.5. The summed E-state index contributed by atoms with van der Waals surface area (Å²) >= 11 is 0. The number of carbonyl (C=O) groups is 3. The second kappa shape index (κ2) is 15.5. The number of nitrogens with one attached hydrogen (secondary N) is 1. The Morgan fingerprint density at radius 2 is 1.63 bits per heavy atom. The highest BCUT2D eigenvalue weighted by Gasteiger charge is 2.31. The summed E-state index contributed by atoms with van der Waals surface area (Å²) in [5.41, 5.74) is 12.5. The van der Waals surface area contributed by atoms with Crippen LogP contribution in [0.2, 0.25) is 0 Å². The molecule has 0 spiro atoms. The average molecular weight is 491 g/mol. The van der Waals surface area contributed by atoms with E-state index in [1.807, 2.05) is 27.7 Å². The van der Waals surface area contributed by atoms with Crippen molar-refractivity contribution in [1.82, 2.24) is 4.90 Å². The second-order valence-corrected chi connectivity index (χ2v) is 9.81. The minimum atomic E-state index is -1.02.